The van der Waals surface area contributed by atoms with Crippen LogP contribution in [0.3, 0.4) is 0 Å². The van der Waals surface area contributed by atoms with Crippen LogP contribution < -0.4 is 8.89 Å². The van der Waals surface area contributed by atoms with Crippen LogP contribution in [0, 0.1) is 6.92 Å². The second-order valence-electron chi connectivity index (χ2n) is 10.4. The molecule has 1 aromatic carbocycles. The predicted octanol–water partition coefficient (Wildman–Crippen LogP) is 6.61. The number of ether oxygens (including phenoxy) is 1. The number of rotatable bonds is 6. The van der Waals surface area contributed by atoms with Gasteiger partial charge < -0.3 is 0 Å². The van der Waals surface area contributed by atoms with E-state index in [-0.39, 0.29) is 5.04 Å². The van der Waals surface area contributed by atoms with Crippen LogP contribution in [0.1, 0.15) is 52.7 Å². The molecular formula is C24H36ClNO3SeSi. The van der Waals surface area contributed by atoms with Gasteiger partial charge in [-0.15, -0.1) is 0 Å². The topological polar surface area (TPSA) is 40.5 Å². The Bertz CT molecular complexity index is 909. The van der Waals surface area contributed by atoms with Crippen LogP contribution in [0.25, 0.3) is 0 Å². The average molecular weight is 529 g/mol. The zero-order chi connectivity index (χ0) is 23.6. The maximum absolute atomic E-state index is 13.0. The molecule has 0 N–H and O–H groups in total. The van der Waals surface area contributed by atoms with Crippen molar-refractivity contribution in [1.29, 1.82) is 0 Å². The molecule has 7 heteroatoms. The molecule has 0 saturated carbocycles. The molecule has 2 rings (SSSR count). The van der Waals surface area contributed by atoms with Gasteiger partial charge in [-0.3, -0.25) is 0 Å². The fourth-order valence-corrected chi connectivity index (χ4v) is 5.67. The van der Waals surface area contributed by atoms with Gasteiger partial charge in [0.2, 0.25) is 0 Å². The zero-order valence-corrected chi connectivity index (χ0v) is 23.7. The van der Waals surface area contributed by atoms with E-state index in [1.807, 2.05) is 46.0 Å². The van der Waals surface area contributed by atoms with E-state index >= 15 is 0 Å². The van der Waals surface area contributed by atoms with Gasteiger partial charge in [0.1, 0.15) is 0 Å². The quantitative estimate of drug-likeness (QED) is 0.396. The average Bonchev–Trinajstić information content (AvgIpc) is 2.90. The number of aryl methyl sites for hydroxylation is 1. The van der Waals surface area contributed by atoms with Crippen LogP contribution in [0.4, 0.5) is 4.79 Å². The Balaban J connectivity index is 2.34. The number of hydrogen-bond donors (Lipinski definition) is 0. The van der Waals surface area contributed by atoms with Crippen molar-refractivity contribution in [3.63, 3.8) is 0 Å². The fraction of sp³-hybridized carbons (Fsp3) is 0.542. The molecule has 0 bridgehead atoms. The molecule has 0 fully saturated rings. The van der Waals surface area contributed by atoms with Crippen LogP contribution in [0.15, 0.2) is 30.5 Å². The summed E-state index contributed by atoms with van der Waals surface area (Å²) in [7, 11) is -2.15. The Hall–Kier alpha value is -1.20. The molecule has 0 aliphatic carbocycles. The molecule has 172 valence electrons. The number of hydrogen-bond acceptors (Lipinski definition) is 3. The van der Waals surface area contributed by atoms with Crippen molar-refractivity contribution < 1.29 is 14.0 Å². The molecule has 0 unspecified atom stereocenters. The molecule has 2 aromatic rings. The van der Waals surface area contributed by atoms with Gasteiger partial charge in [0.05, 0.1) is 0 Å². The summed E-state index contributed by atoms with van der Waals surface area (Å²) in [5.41, 5.74) is 1.60. The summed E-state index contributed by atoms with van der Waals surface area (Å²) < 4.78 is 15.3. The number of benzene rings is 1. The summed E-state index contributed by atoms with van der Waals surface area (Å²) in [4.78, 5) is 13.0. The van der Waals surface area contributed by atoms with E-state index in [4.69, 9.17) is 20.8 Å². The minimum atomic E-state index is -2.15. The third kappa shape index (κ3) is 7.14. The van der Waals surface area contributed by atoms with Gasteiger partial charge in [-0.1, -0.05) is 0 Å². The Morgan fingerprint density at radius 3 is 2.19 bits per heavy atom. The van der Waals surface area contributed by atoms with Gasteiger partial charge in [-0.25, -0.2) is 0 Å². The van der Waals surface area contributed by atoms with Gasteiger partial charge in [-0.2, -0.15) is 0 Å². The first-order valence-corrected chi connectivity index (χ1v) is 16.0. The van der Waals surface area contributed by atoms with Crippen LogP contribution in [-0.4, -0.2) is 39.5 Å². The van der Waals surface area contributed by atoms with Gasteiger partial charge in [0.15, 0.2) is 0 Å². The standard InChI is InChI=1S/C24H36ClNO3SeSi/c1-17-16-26(22(27)28-23(2,3)4)21(29-31(8,9)24(5,6)7)20(17)14-15-30-19-12-10-18(25)11-13-19/h10-13,16H,14-15H2,1-9H3. The Labute approximate surface area is 199 Å². The first-order valence-electron chi connectivity index (χ1n) is 10.6. The van der Waals surface area contributed by atoms with Crippen molar-refractivity contribution >= 4 is 45.4 Å². The number of carbonyl (C=O) groups is 1. The molecule has 0 aliphatic rings. The number of nitrogens with zero attached hydrogens (tertiary/aromatic N) is 1. The summed E-state index contributed by atoms with van der Waals surface area (Å²) in [5, 5.41) is 1.80. The molecule has 0 aliphatic heterocycles. The summed E-state index contributed by atoms with van der Waals surface area (Å²) in [6.07, 6.45) is 2.33. The molecule has 0 amide bonds. The maximum atomic E-state index is 13.0. The first kappa shape index (κ1) is 26.1. The van der Waals surface area contributed by atoms with Crippen molar-refractivity contribution in [3.8, 4) is 5.88 Å². The van der Waals surface area contributed by atoms with E-state index < -0.39 is 20.0 Å². The summed E-state index contributed by atoms with van der Waals surface area (Å²) >= 11 is 6.33. The second kappa shape index (κ2) is 9.74. The SMILES string of the molecule is Cc1cn(C(=O)OC(C)(C)C)c(O[Si](C)(C)C(C)(C)C)c1CC[Se]c1ccc(Cl)cc1. The molecule has 0 saturated heterocycles. The van der Waals surface area contributed by atoms with Crippen molar-refractivity contribution in [2.75, 3.05) is 0 Å². The molecule has 1 heterocycles. The molecule has 0 atom stereocenters. The fourth-order valence-electron chi connectivity index (χ4n) is 2.70. The van der Waals surface area contributed by atoms with Crippen LogP contribution >= 0.6 is 11.6 Å². The molecule has 0 radical (unpaired) electrons. The Morgan fingerprint density at radius 1 is 1.10 bits per heavy atom. The molecule has 31 heavy (non-hydrogen) atoms. The van der Waals surface area contributed by atoms with Crippen molar-refractivity contribution in [1.82, 2.24) is 4.57 Å². The van der Waals surface area contributed by atoms with Crippen molar-refractivity contribution in [2.45, 2.75) is 83.9 Å². The van der Waals surface area contributed by atoms with Gasteiger partial charge in [0.25, 0.3) is 0 Å². The minimum absolute atomic E-state index is 0.0223. The molecule has 1 aromatic heterocycles. The zero-order valence-electron chi connectivity index (χ0n) is 20.3. The van der Waals surface area contributed by atoms with Crippen molar-refractivity contribution in [2.24, 2.45) is 0 Å². The van der Waals surface area contributed by atoms with Crippen LogP contribution in [0.2, 0.25) is 28.5 Å². The third-order valence-electron chi connectivity index (χ3n) is 5.46. The van der Waals surface area contributed by atoms with E-state index in [1.165, 1.54) is 4.46 Å². The number of carbonyl (C=O) groups excluding carboxylic acids is 1. The van der Waals surface area contributed by atoms with Crippen LogP contribution in [0.5, 0.6) is 5.88 Å². The normalized spacial score (nSPS) is 12.7. The third-order valence-corrected chi connectivity index (χ3v) is 12.2. The van der Waals surface area contributed by atoms with Gasteiger partial charge in [0, 0.05) is 0 Å². The molecular weight excluding hydrogens is 493 g/mol. The summed E-state index contributed by atoms with van der Waals surface area (Å²) in [6.45, 7) is 18.7. The second-order valence-corrected chi connectivity index (χ2v) is 18.0. The van der Waals surface area contributed by atoms with Gasteiger partial charge in [-0.05, 0) is 0 Å². The predicted molar refractivity (Wildman–Crippen MR) is 134 cm³/mol. The summed E-state index contributed by atoms with van der Waals surface area (Å²) in [5.74, 6) is 0.658. The van der Waals surface area contributed by atoms with E-state index in [0.717, 1.165) is 27.9 Å². The van der Waals surface area contributed by atoms with E-state index in [9.17, 15) is 4.79 Å². The monoisotopic (exact) mass is 529 g/mol. The summed E-state index contributed by atoms with van der Waals surface area (Å²) in [6, 6.07) is 8.06. The Kier molecular flexibility index (Phi) is 8.18. The number of halogens is 1. The van der Waals surface area contributed by atoms with Crippen LogP contribution in [-0.2, 0) is 11.2 Å². The molecule has 4 nitrogen and oxygen atoms in total. The van der Waals surface area contributed by atoms with Crippen molar-refractivity contribution in [3.05, 3.63) is 46.6 Å². The number of aromatic nitrogens is 1. The van der Waals surface area contributed by atoms with Gasteiger partial charge >= 0.3 is 200 Å². The first-order chi connectivity index (χ1) is 14.1. The Morgan fingerprint density at radius 2 is 1.68 bits per heavy atom. The van der Waals surface area contributed by atoms with E-state index in [1.54, 1.807) is 4.57 Å². The van der Waals surface area contributed by atoms with E-state index in [2.05, 4.69) is 46.0 Å². The molecule has 0 spiro atoms. The van der Waals surface area contributed by atoms with E-state index in [0.29, 0.717) is 20.8 Å².